The van der Waals surface area contributed by atoms with E-state index < -0.39 is 17.4 Å². The van der Waals surface area contributed by atoms with Gasteiger partial charge in [-0.1, -0.05) is 66.7 Å². The standard InChI is InChI=1S/C23H16N2O3/c26-20-23(17-13-7-8-14-18(17)24-20)22(16-11-5-2-6-12-16)21(28-23)27-19(25-22)15-9-3-1-4-10-15/h1-14,21H,(H,24,26)/t21-,22-,23-/m0/s1. The Morgan fingerprint density at radius 3 is 2.32 bits per heavy atom. The van der Waals surface area contributed by atoms with Crippen LogP contribution in [-0.4, -0.2) is 18.1 Å². The Labute approximate surface area is 161 Å². The van der Waals surface area contributed by atoms with Gasteiger partial charge in [0.15, 0.2) is 5.54 Å². The Balaban J connectivity index is 1.62. The molecule has 1 amide bonds. The number of benzene rings is 3. The van der Waals surface area contributed by atoms with Gasteiger partial charge in [0, 0.05) is 16.8 Å². The van der Waals surface area contributed by atoms with Crippen LogP contribution < -0.4 is 5.32 Å². The van der Waals surface area contributed by atoms with Crippen LogP contribution in [0.4, 0.5) is 5.69 Å². The van der Waals surface area contributed by atoms with Gasteiger partial charge in [-0.25, -0.2) is 4.99 Å². The maximum Gasteiger partial charge on any atom is 0.264 e. The maximum atomic E-state index is 13.2. The van der Waals surface area contributed by atoms with Crippen LogP contribution in [0.3, 0.4) is 0 Å². The Hall–Kier alpha value is -3.44. The van der Waals surface area contributed by atoms with Crippen LogP contribution in [0.5, 0.6) is 0 Å². The van der Waals surface area contributed by atoms with Crippen molar-refractivity contribution >= 4 is 17.5 Å². The van der Waals surface area contributed by atoms with E-state index in [0.29, 0.717) is 5.90 Å². The number of carbonyl (C=O) groups is 1. The second-order valence-electron chi connectivity index (χ2n) is 7.16. The van der Waals surface area contributed by atoms with Gasteiger partial charge >= 0.3 is 0 Å². The first-order chi connectivity index (χ1) is 13.8. The fourth-order valence-corrected chi connectivity index (χ4v) is 4.51. The first-order valence-corrected chi connectivity index (χ1v) is 9.22. The second kappa shape index (κ2) is 5.30. The van der Waals surface area contributed by atoms with Crippen molar-refractivity contribution in [2.24, 2.45) is 4.99 Å². The predicted octanol–water partition coefficient (Wildman–Crippen LogP) is 3.56. The van der Waals surface area contributed by atoms with Gasteiger partial charge in [0.2, 0.25) is 17.8 Å². The van der Waals surface area contributed by atoms with Gasteiger partial charge in [-0.2, -0.15) is 0 Å². The van der Waals surface area contributed by atoms with Gasteiger partial charge in [-0.3, -0.25) is 4.79 Å². The number of ether oxygens (including phenoxy) is 2. The lowest BCUT2D eigenvalue weighted by Gasteiger charge is -2.54. The largest absolute Gasteiger partial charge is 0.444 e. The van der Waals surface area contributed by atoms with Crippen molar-refractivity contribution in [2.75, 3.05) is 5.32 Å². The molecule has 28 heavy (non-hydrogen) atoms. The highest BCUT2D eigenvalue weighted by molar-refractivity contribution is 6.08. The number of para-hydroxylation sites is 1. The molecular formula is C23H16N2O3. The van der Waals surface area contributed by atoms with Crippen molar-refractivity contribution < 1.29 is 14.3 Å². The lowest BCUT2D eigenvalue weighted by atomic mass is 9.66. The summed E-state index contributed by atoms with van der Waals surface area (Å²) in [4.78, 5) is 18.3. The highest BCUT2D eigenvalue weighted by Crippen LogP contribution is 2.64. The molecule has 1 N–H and O–H groups in total. The molecule has 5 nitrogen and oxygen atoms in total. The highest BCUT2D eigenvalue weighted by Gasteiger charge is 2.79. The zero-order chi connectivity index (χ0) is 18.8. The van der Waals surface area contributed by atoms with Crippen LogP contribution in [0.2, 0.25) is 0 Å². The number of nitrogens with zero attached hydrogens (tertiary/aromatic N) is 1. The smallest absolute Gasteiger partial charge is 0.264 e. The Morgan fingerprint density at radius 2 is 1.54 bits per heavy atom. The molecule has 0 bridgehead atoms. The molecule has 3 aromatic rings. The number of aliphatic imine (C=N–C) groups is 1. The lowest BCUT2D eigenvalue weighted by molar-refractivity contribution is -0.322. The molecule has 3 heterocycles. The number of hydrogen-bond donors (Lipinski definition) is 1. The summed E-state index contributed by atoms with van der Waals surface area (Å²) < 4.78 is 12.3. The van der Waals surface area contributed by atoms with Crippen molar-refractivity contribution in [2.45, 2.75) is 17.4 Å². The van der Waals surface area contributed by atoms with Gasteiger partial charge in [-0.05, 0) is 23.8 Å². The molecule has 0 aliphatic carbocycles. The van der Waals surface area contributed by atoms with E-state index in [1.54, 1.807) is 0 Å². The minimum Gasteiger partial charge on any atom is -0.444 e. The summed E-state index contributed by atoms with van der Waals surface area (Å²) in [5.41, 5.74) is 1.08. The number of fused-ring (bicyclic) bond motifs is 4. The average molecular weight is 368 g/mol. The van der Waals surface area contributed by atoms with Crippen LogP contribution >= 0.6 is 0 Å². The summed E-state index contributed by atoms with van der Waals surface area (Å²) in [5, 5.41) is 2.96. The van der Waals surface area contributed by atoms with E-state index in [4.69, 9.17) is 14.5 Å². The average Bonchev–Trinajstić information content (AvgIpc) is 3.22. The third kappa shape index (κ3) is 1.70. The molecule has 0 saturated carbocycles. The van der Waals surface area contributed by atoms with Crippen molar-refractivity contribution in [1.82, 2.24) is 0 Å². The van der Waals surface area contributed by atoms with Crippen LogP contribution in [0.1, 0.15) is 16.7 Å². The highest BCUT2D eigenvalue weighted by atomic mass is 16.7. The summed E-state index contributed by atoms with van der Waals surface area (Å²) in [6.07, 6.45) is -0.665. The van der Waals surface area contributed by atoms with Gasteiger partial charge in [0.25, 0.3) is 5.91 Å². The zero-order valence-electron chi connectivity index (χ0n) is 14.8. The predicted molar refractivity (Wildman–Crippen MR) is 104 cm³/mol. The Kier molecular flexibility index (Phi) is 2.95. The summed E-state index contributed by atoms with van der Waals surface area (Å²) in [6, 6.07) is 27.1. The van der Waals surface area contributed by atoms with Gasteiger partial charge in [0.05, 0.1) is 0 Å². The maximum absolute atomic E-state index is 13.2. The number of carbonyl (C=O) groups excluding carboxylic acids is 1. The van der Waals surface area contributed by atoms with E-state index >= 15 is 0 Å². The third-order valence-electron chi connectivity index (χ3n) is 5.77. The molecule has 0 unspecified atom stereocenters. The van der Waals surface area contributed by atoms with E-state index in [1.165, 1.54) is 0 Å². The van der Waals surface area contributed by atoms with E-state index in [1.807, 2.05) is 84.9 Å². The Bertz CT molecular complexity index is 1130. The minimum absolute atomic E-state index is 0.213. The third-order valence-corrected chi connectivity index (χ3v) is 5.77. The van der Waals surface area contributed by atoms with Crippen LogP contribution in [-0.2, 0) is 25.4 Å². The van der Waals surface area contributed by atoms with Crippen LogP contribution in [0, 0.1) is 0 Å². The van der Waals surface area contributed by atoms with Crippen molar-refractivity contribution in [1.29, 1.82) is 0 Å². The molecule has 1 saturated heterocycles. The van der Waals surface area contributed by atoms with E-state index in [0.717, 1.165) is 22.4 Å². The van der Waals surface area contributed by atoms with Gasteiger partial charge in [0.1, 0.15) is 0 Å². The summed E-state index contributed by atoms with van der Waals surface area (Å²) in [5.74, 6) is 0.277. The van der Waals surface area contributed by atoms with E-state index in [-0.39, 0.29) is 5.91 Å². The molecule has 3 aliphatic rings. The molecule has 1 spiro atoms. The monoisotopic (exact) mass is 368 g/mol. The van der Waals surface area contributed by atoms with Crippen molar-refractivity contribution in [3.63, 3.8) is 0 Å². The topological polar surface area (TPSA) is 59.9 Å². The molecule has 5 heteroatoms. The number of hydrogen-bond acceptors (Lipinski definition) is 4. The molecule has 136 valence electrons. The number of nitrogens with one attached hydrogen (secondary N) is 1. The summed E-state index contributed by atoms with van der Waals surface area (Å²) in [7, 11) is 0. The number of amides is 1. The van der Waals surface area contributed by atoms with Crippen LogP contribution in [0.25, 0.3) is 0 Å². The fraction of sp³-hybridized carbons (Fsp3) is 0.130. The van der Waals surface area contributed by atoms with E-state index in [9.17, 15) is 4.79 Å². The molecule has 0 radical (unpaired) electrons. The van der Waals surface area contributed by atoms with E-state index in [2.05, 4.69) is 5.32 Å². The molecule has 3 aliphatic heterocycles. The molecule has 1 fully saturated rings. The van der Waals surface area contributed by atoms with Gasteiger partial charge in [-0.15, -0.1) is 0 Å². The van der Waals surface area contributed by atoms with Crippen LogP contribution in [0.15, 0.2) is 89.9 Å². The fourth-order valence-electron chi connectivity index (χ4n) is 4.51. The molecular weight excluding hydrogens is 352 g/mol. The minimum atomic E-state index is -1.24. The van der Waals surface area contributed by atoms with Crippen molar-refractivity contribution in [3.05, 3.63) is 102 Å². The zero-order valence-corrected chi connectivity index (χ0v) is 14.8. The first-order valence-electron chi connectivity index (χ1n) is 9.22. The number of rotatable bonds is 2. The Morgan fingerprint density at radius 1 is 0.857 bits per heavy atom. The molecule has 0 aromatic heterocycles. The lowest BCUT2D eigenvalue weighted by Crippen LogP contribution is -2.70. The second-order valence-corrected chi connectivity index (χ2v) is 7.16. The SMILES string of the molecule is O=C1Nc2ccccc2[C@]12O[C@@H]1OC(c3ccccc3)=N[C@@]12c1ccccc1. The van der Waals surface area contributed by atoms with Crippen molar-refractivity contribution in [3.8, 4) is 0 Å². The normalized spacial score (nSPS) is 29.4. The van der Waals surface area contributed by atoms with Gasteiger partial charge < -0.3 is 14.8 Å². The first kappa shape index (κ1) is 15.6. The summed E-state index contributed by atoms with van der Waals surface area (Å²) in [6.45, 7) is 0. The number of anilines is 1. The summed E-state index contributed by atoms with van der Waals surface area (Å²) >= 11 is 0. The molecule has 3 aromatic carbocycles. The molecule has 6 rings (SSSR count). The molecule has 3 atom stereocenters. The quantitative estimate of drug-likeness (QED) is 0.752.